The Morgan fingerprint density at radius 3 is 2.43 bits per heavy atom. The zero-order valence-corrected chi connectivity index (χ0v) is 20.7. The van der Waals surface area contributed by atoms with Crippen LogP contribution in [-0.2, 0) is 4.79 Å². The molecule has 1 amide bonds. The summed E-state index contributed by atoms with van der Waals surface area (Å²) in [5.41, 5.74) is 0.389. The summed E-state index contributed by atoms with van der Waals surface area (Å²) in [5, 5.41) is 13.8. The number of amides is 1. The molecule has 3 nitrogen and oxygen atoms in total. The monoisotopic (exact) mass is 419 g/mol. The average Bonchev–Trinajstić information content (AvgIpc) is 3.06. The summed E-state index contributed by atoms with van der Waals surface area (Å²) >= 11 is 0. The molecular weight excluding hydrogens is 370 g/mol. The van der Waals surface area contributed by atoms with Crippen LogP contribution < -0.4 is 5.32 Å². The molecule has 3 fully saturated rings. The summed E-state index contributed by atoms with van der Waals surface area (Å²) in [4.78, 5) is 12.0. The van der Waals surface area contributed by atoms with Gasteiger partial charge in [-0.15, -0.1) is 0 Å². The fourth-order valence-corrected chi connectivity index (χ4v) is 8.32. The summed E-state index contributed by atoms with van der Waals surface area (Å²) in [5.74, 6) is 4.79. The molecule has 3 aliphatic carbocycles. The lowest BCUT2D eigenvalue weighted by Gasteiger charge is -2.58. The molecule has 30 heavy (non-hydrogen) atoms. The van der Waals surface area contributed by atoms with Crippen molar-refractivity contribution in [3.63, 3.8) is 0 Å². The van der Waals surface area contributed by atoms with Crippen LogP contribution >= 0.6 is 0 Å². The smallest absolute Gasteiger partial charge is 0.219 e. The largest absolute Gasteiger partial charge is 0.393 e. The number of hydrogen-bond acceptors (Lipinski definition) is 2. The number of nitrogens with one attached hydrogen (secondary N) is 1. The van der Waals surface area contributed by atoms with Gasteiger partial charge in [-0.05, 0) is 91.3 Å². The van der Waals surface area contributed by atoms with Gasteiger partial charge in [-0.2, -0.15) is 0 Å². The zero-order valence-electron chi connectivity index (χ0n) is 20.7. The molecule has 3 aliphatic rings. The maximum Gasteiger partial charge on any atom is 0.219 e. The number of carbonyl (C=O) groups excluding carboxylic acids is 1. The van der Waals surface area contributed by atoms with E-state index in [1.54, 1.807) is 7.05 Å². The second-order valence-electron chi connectivity index (χ2n) is 12.2. The second-order valence-corrected chi connectivity index (χ2v) is 12.2. The van der Waals surface area contributed by atoms with E-state index in [2.05, 4.69) is 39.9 Å². The second kappa shape index (κ2) is 9.51. The zero-order chi connectivity index (χ0) is 22.1. The third kappa shape index (κ3) is 4.48. The lowest BCUT2D eigenvalue weighted by atomic mass is 9.47. The number of hydrogen-bond donors (Lipinski definition) is 2. The predicted molar refractivity (Wildman–Crippen MR) is 125 cm³/mol. The van der Waals surface area contributed by atoms with Crippen LogP contribution in [0.4, 0.5) is 0 Å². The van der Waals surface area contributed by atoms with Gasteiger partial charge in [0.15, 0.2) is 0 Å². The van der Waals surface area contributed by atoms with Gasteiger partial charge < -0.3 is 10.4 Å². The quantitative estimate of drug-likeness (QED) is 0.492. The standard InChI is InChI=1S/C27H49NO2/c1-18(2)8-7-9-19(3)21-11-12-22-20-10-13-24(29)27(5,17-15-25(30)28-6)23(20)14-16-26(21,22)4/h18-24,29H,7-17H2,1-6H3,(H,28,30)/t19-,20-,21+,22+,23-,24+,26-,27+/m1/s1. The summed E-state index contributed by atoms with van der Waals surface area (Å²) in [7, 11) is 1.72. The van der Waals surface area contributed by atoms with Gasteiger partial charge in [-0.3, -0.25) is 4.79 Å². The molecule has 0 unspecified atom stereocenters. The van der Waals surface area contributed by atoms with Crippen LogP contribution in [0, 0.1) is 46.3 Å². The van der Waals surface area contributed by atoms with E-state index in [-0.39, 0.29) is 17.4 Å². The first-order chi connectivity index (χ1) is 14.1. The van der Waals surface area contributed by atoms with Crippen LogP contribution in [0.2, 0.25) is 0 Å². The van der Waals surface area contributed by atoms with E-state index in [0.29, 0.717) is 17.8 Å². The van der Waals surface area contributed by atoms with Gasteiger partial charge in [0, 0.05) is 13.5 Å². The first-order valence-corrected chi connectivity index (χ1v) is 13.0. The average molecular weight is 420 g/mol. The first-order valence-electron chi connectivity index (χ1n) is 13.0. The van der Waals surface area contributed by atoms with Crippen LogP contribution in [0.25, 0.3) is 0 Å². The molecule has 0 radical (unpaired) electrons. The highest BCUT2D eigenvalue weighted by molar-refractivity contribution is 5.75. The lowest BCUT2D eigenvalue weighted by Crippen LogP contribution is -2.54. The molecule has 0 spiro atoms. The molecule has 174 valence electrons. The number of carbonyl (C=O) groups is 1. The van der Waals surface area contributed by atoms with Crippen molar-refractivity contribution in [2.45, 2.75) is 111 Å². The van der Waals surface area contributed by atoms with Crippen molar-refractivity contribution in [2.75, 3.05) is 7.05 Å². The third-order valence-corrected chi connectivity index (χ3v) is 10.2. The van der Waals surface area contributed by atoms with E-state index in [9.17, 15) is 9.90 Å². The molecule has 0 aromatic rings. The normalized spacial score (nSPS) is 41.9. The SMILES string of the molecule is CNC(=O)CC[C@@]1(C)[C@@H]2CC[C@@]3(C)[C@@H](CC[C@H]3[C@H](C)CCCC(C)C)[C@H]2CC[C@@H]1O. The van der Waals surface area contributed by atoms with Gasteiger partial charge in [0.05, 0.1) is 6.10 Å². The van der Waals surface area contributed by atoms with E-state index in [1.807, 2.05) is 0 Å². The van der Waals surface area contributed by atoms with Gasteiger partial charge >= 0.3 is 0 Å². The minimum absolute atomic E-state index is 0.0995. The summed E-state index contributed by atoms with van der Waals surface area (Å²) in [6, 6.07) is 0. The van der Waals surface area contributed by atoms with Gasteiger partial charge in [0.1, 0.15) is 0 Å². The topological polar surface area (TPSA) is 49.3 Å². The van der Waals surface area contributed by atoms with Crippen LogP contribution in [0.3, 0.4) is 0 Å². The fraction of sp³-hybridized carbons (Fsp3) is 0.963. The van der Waals surface area contributed by atoms with Crippen molar-refractivity contribution >= 4 is 5.91 Å². The van der Waals surface area contributed by atoms with Gasteiger partial charge in [0.2, 0.25) is 5.91 Å². The molecular formula is C27H49NO2. The highest BCUT2D eigenvalue weighted by Gasteiger charge is 2.59. The number of aliphatic hydroxyl groups excluding tert-OH is 1. The molecule has 0 heterocycles. The van der Waals surface area contributed by atoms with Crippen LogP contribution in [0.1, 0.15) is 105 Å². The third-order valence-electron chi connectivity index (χ3n) is 10.2. The Kier molecular flexibility index (Phi) is 7.63. The number of rotatable bonds is 8. The molecule has 0 aliphatic heterocycles. The van der Waals surface area contributed by atoms with E-state index in [1.165, 1.54) is 51.4 Å². The molecule has 0 saturated heterocycles. The molecule has 0 aromatic carbocycles. The fourth-order valence-electron chi connectivity index (χ4n) is 8.32. The Morgan fingerprint density at radius 2 is 1.77 bits per heavy atom. The Labute approximate surface area is 186 Å². The minimum Gasteiger partial charge on any atom is -0.393 e. The highest BCUT2D eigenvalue weighted by Crippen LogP contribution is 2.66. The van der Waals surface area contributed by atoms with Crippen molar-refractivity contribution < 1.29 is 9.90 Å². The van der Waals surface area contributed by atoms with E-state index >= 15 is 0 Å². The molecule has 0 bridgehead atoms. The number of aliphatic hydroxyl groups is 1. The highest BCUT2D eigenvalue weighted by atomic mass is 16.3. The Bertz CT molecular complexity index is 589. The van der Waals surface area contributed by atoms with Crippen molar-refractivity contribution in [3.8, 4) is 0 Å². The summed E-state index contributed by atoms with van der Waals surface area (Å²) < 4.78 is 0. The van der Waals surface area contributed by atoms with Gasteiger partial charge in [-0.25, -0.2) is 0 Å². The van der Waals surface area contributed by atoms with Crippen molar-refractivity contribution in [2.24, 2.45) is 46.3 Å². The van der Waals surface area contributed by atoms with E-state index in [0.717, 1.165) is 42.4 Å². The van der Waals surface area contributed by atoms with E-state index < -0.39 is 0 Å². The molecule has 0 aromatic heterocycles. The van der Waals surface area contributed by atoms with Crippen LogP contribution in [0.5, 0.6) is 0 Å². The van der Waals surface area contributed by atoms with Crippen molar-refractivity contribution in [1.82, 2.24) is 5.32 Å². The Balaban J connectivity index is 1.71. The molecule has 3 heteroatoms. The molecule has 3 saturated carbocycles. The van der Waals surface area contributed by atoms with Crippen molar-refractivity contribution in [3.05, 3.63) is 0 Å². The van der Waals surface area contributed by atoms with E-state index in [4.69, 9.17) is 0 Å². The van der Waals surface area contributed by atoms with Crippen LogP contribution in [0.15, 0.2) is 0 Å². The Morgan fingerprint density at radius 1 is 1.03 bits per heavy atom. The van der Waals surface area contributed by atoms with Crippen molar-refractivity contribution in [1.29, 1.82) is 0 Å². The molecule has 8 atom stereocenters. The summed E-state index contributed by atoms with van der Waals surface area (Å²) in [6.45, 7) is 12.1. The summed E-state index contributed by atoms with van der Waals surface area (Å²) in [6.07, 6.45) is 12.7. The number of fused-ring (bicyclic) bond motifs is 3. The lowest BCUT2D eigenvalue weighted by molar-refractivity contribution is -0.138. The first kappa shape index (κ1) is 24.1. The maximum atomic E-state index is 12.0. The van der Waals surface area contributed by atoms with Gasteiger partial charge in [0.25, 0.3) is 0 Å². The predicted octanol–water partition coefficient (Wildman–Crippen LogP) is 6.19. The molecule has 2 N–H and O–H groups in total. The Hall–Kier alpha value is -0.570. The maximum absolute atomic E-state index is 12.0. The minimum atomic E-state index is -0.250. The van der Waals surface area contributed by atoms with Crippen LogP contribution in [-0.4, -0.2) is 24.2 Å². The van der Waals surface area contributed by atoms with Gasteiger partial charge in [-0.1, -0.05) is 53.9 Å². The molecule has 3 rings (SSSR count).